The van der Waals surface area contributed by atoms with Gasteiger partial charge in [0.15, 0.2) is 0 Å². The zero-order valence-corrected chi connectivity index (χ0v) is 10.2. The van der Waals surface area contributed by atoms with Gasteiger partial charge in [0, 0.05) is 12.4 Å². The molecule has 0 atom stereocenters. The SMILES string of the molecule is CC(C)(C)OC(=O)CN1C=CC(=CN=O)C=C1. The van der Waals surface area contributed by atoms with E-state index in [2.05, 4.69) is 5.18 Å². The smallest absolute Gasteiger partial charge is 0.326 e. The Morgan fingerprint density at radius 1 is 1.41 bits per heavy atom. The van der Waals surface area contributed by atoms with Crippen LogP contribution in [0, 0.1) is 4.91 Å². The molecule has 0 N–H and O–H groups in total. The largest absolute Gasteiger partial charge is 0.459 e. The van der Waals surface area contributed by atoms with Crippen LogP contribution in [0.5, 0.6) is 0 Å². The minimum absolute atomic E-state index is 0.145. The summed E-state index contributed by atoms with van der Waals surface area (Å²) in [7, 11) is 0. The first-order valence-corrected chi connectivity index (χ1v) is 5.27. The van der Waals surface area contributed by atoms with Crippen molar-refractivity contribution in [1.82, 2.24) is 4.90 Å². The first-order valence-electron chi connectivity index (χ1n) is 5.27. The van der Waals surface area contributed by atoms with Crippen LogP contribution in [0.1, 0.15) is 20.8 Å². The minimum Gasteiger partial charge on any atom is -0.459 e. The maximum Gasteiger partial charge on any atom is 0.326 e. The van der Waals surface area contributed by atoms with Crippen LogP contribution >= 0.6 is 0 Å². The summed E-state index contributed by atoms with van der Waals surface area (Å²) >= 11 is 0. The monoisotopic (exact) mass is 236 g/mol. The predicted molar refractivity (Wildman–Crippen MR) is 64.7 cm³/mol. The van der Waals surface area contributed by atoms with Crippen molar-refractivity contribution in [1.29, 1.82) is 0 Å². The van der Waals surface area contributed by atoms with Gasteiger partial charge in [-0.2, -0.15) is 0 Å². The van der Waals surface area contributed by atoms with Crippen LogP contribution in [0.4, 0.5) is 0 Å². The molecule has 17 heavy (non-hydrogen) atoms. The number of allylic oxidation sites excluding steroid dienone is 3. The van der Waals surface area contributed by atoms with Crippen molar-refractivity contribution >= 4 is 5.97 Å². The molecule has 0 saturated heterocycles. The van der Waals surface area contributed by atoms with Crippen molar-refractivity contribution < 1.29 is 9.53 Å². The molecule has 0 unspecified atom stereocenters. The van der Waals surface area contributed by atoms with E-state index in [1.807, 2.05) is 20.8 Å². The van der Waals surface area contributed by atoms with Crippen LogP contribution in [0.2, 0.25) is 0 Å². The Morgan fingerprint density at radius 2 is 2.00 bits per heavy atom. The van der Waals surface area contributed by atoms with E-state index < -0.39 is 5.60 Å². The lowest BCUT2D eigenvalue weighted by Gasteiger charge is -2.23. The first-order chi connectivity index (χ1) is 7.90. The predicted octanol–water partition coefficient (Wildman–Crippen LogP) is 2.32. The summed E-state index contributed by atoms with van der Waals surface area (Å²) in [5, 5.41) is 2.67. The summed E-state index contributed by atoms with van der Waals surface area (Å²) in [6, 6.07) is 0. The Hall–Kier alpha value is -1.91. The van der Waals surface area contributed by atoms with Gasteiger partial charge >= 0.3 is 5.97 Å². The van der Waals surface area contributed by atoms with E-state index in [1.165, 1.54) is 6.20 Å². The van der Waals surface area contributed by atoms with E-state index in [9.17, 15) is 9.70 Å². The van der Waals surface area contributed by atoms with E-state index in [4.69, 9.17) is 4.74 Å². The summed E-state index contributed by atoms with van der Waals surface area (Å²) in [6.45, 7) is 5.61. The van der Waals surface area contributed by atoms with Gasteiger partial charge in [0.25, 0.3) is 0 Å². The number of carbonyl (C=O) groups is 1. The van der Waals surface area contributed by atoms with Crippen LogP contribution < -0.4 is 0 Å². The molecule has 0 amide bonds. The molecular formula is C12H16N2O3. The number of nitrogens with zero attached hydrogens (tertiary/aromatic N) is 2. The molecule has 0 aromatic rings. The maximum absolute atomic E-state index is 11.5. The highest BCUT2D eigenvalue weighted by Crippen LogP contribution is 2.11. The van der Waals surface area contributed by atoms with E-state index in [0.717, 1.165) is 0 Å². The Morgan fingerprint density at radius 3 is 2.47 bits per heavy atom. The van der Waals surface area contributed by atoms with Crippen LogP contribution in [-0.4, -0.2) is 23.0 Å². The minimum atomic E-state index is -0.479. The lowest BCUT2D eigenvalue weighted by atomic mass is 10.2. The third-order valence-electron chi connectivity index (χ3n) is 1.85. The van der Waals surface area contributed by atoms with E-state index in [0.29, 0.717) is 5.57 Å². The molecule has 1 aliphatic rings. The van der Waals surface area contributed by atoms with Gasteiger partial charge in [-0.1, -0.05) is 0 Å². The fourth-order valence-electron chi connectivity index (χ4n) is 1.24. The average molecular weight is 236 g/mol. The van der Waals surface area contributed by atoms with E-state index in [-0.39, 0.29) is 12.5 Å². The molecule has 0 aliphatic carbocycles. The summed E-state index contributed by atoms with van der Waals surface area (Å²) in [6.07, 6.45) is 8.00. The molecule has 0 aromatic carbocycles. The number of hydrogen-bond donors (Lipinski definition) is 0. The second-order valence-corrected chi connectivity index (χ2v) is 4.62. The highest BCUT2D eigenvalue weighted by molar-refractivity contribution is 5.72. The second kappa shape index (κ2) is 5.43. The standard InChI is InChI=1S/C12H16N2O3/c1-12(2,3)17-11(15)9-14-6-4-10(5-7-14)8-13-16/h4-8H,9H2,1-3H3. The number of ether oxygens (including phenoxy) is 1. The highest BCUT2D eigenvalue weighted by Gasteiger charge is 2.17. The normalized spacial score (nSPS) is 14.8. The maximum atomic E-state index is 11.5. The summed E-state index contributed by atoms with van der Waals surface area (Å²) < 4.78 is 5.18. The summed E-state index contributed by atoms with van der Waals surface area (Å²) in [5.41, 5.74) is 0.215. The van der Waals surface area contributed by atoms with Crippen molar-refractivity contribution in [3.8, 4) is 0 Å². The third kappa shape index (κ3) is 5.10. The molecule has 1 aliphatic heterocycles. The molecule has 0 bridgehead atoms. The number of nitroso groups, excluding NO2 is 1. The summed E-state index contributed by atoms with van der Waals surface area (Å²) in [5.74, 6) is -0.298. The molecular weight excluding hydrogens is 220 g/mol. The topological polar surface area (TPSA) is 59.0 Å². The van der Waals surface area contributed by atoms with Gasteiger partial charge in [-0.15, -0.1) is 4.91 Å². The van der Waals surface area contributed by atoms with Crippen LogP contribution in [0.15, 0.2) is 41.5 Å². The van der Waals surface area contributed by atoms with Crippen molar-refractivity contribution in [2.24, 2.45) is 5.18 Å². The van der Waals surface area contributed by atoms with Gasteiger partial charge in [-0.05, 0) is 43.7 Å². The molecule has 5 nitrogen and oxygen atoms in total. The number of carbonyl (C=O) groups excluding carboxylic acids is 1. The zero-order chi connectivity index (χ0) is 12.9. The molecule has 0 saturated carbocycles. The fraction of sp³-hybridized carbons (Fsp3) is 0.417. The van der Waals surface area contributed by atoms with Crippen molar-refractivity contribution in [2.75, 3.05) is 6.54 Å². The number of hydrogen-bond acceptors (Lipinski definition) is 5. The lowest BCUT2D eigenvalue weighted by Crippen LogP contribution is -2.30. The van der Waals surface area contributed by atoms with Crippen LogP contribution in [0.3, 0.4) is 0 Å². The van der Waals surface area contributed by atoms with Gasteiger partial charge in [0.2, 0.25) is 0 Å². The second-order valence-electron chi connectivity index (χ2n) is 4.62. The Kier molecular flexibility index (Phi) is 4.20. The van der Waals surface area contributed by atoms with Crippen molar-refractivity contribution in [3.05, 3.63) is 41.2 Å². The quantitative estimate of drug-likeness (QED) is 0.557. The number of rotatable bonds is 3. The summed E-state index contributed by atoms with van der Waals surface area (Å²) in [4.78, 5) is 23.2. The molecule has 0 spiro atoms. The van der Waals surface area contributed by atoms with Crippen LogP contribution in [-0.2, 0) is 9.53 Å². The molecule has 5 heteroatoms. The number of esters is 1. The lowest BCUT2D eigenvalue weighted by molar-refractivity contribution is -0.154. The molecule has 0 aromatic heterocycles. The van der Waals surface area contributed by atoms with Gasteiger partial charge in [-0.25, -0.2) is 0 Å². The fourth-order valence-corrected chi connectivity index (χ4v) is 1.24. The average Bonchev–Trinajstić information content (AvgIpc) is 2.18. The van der Waals surface area contributed by atoms with Crippen molar-refractivity contribution in [2.45, 2.75) is 26.4 Å². The highest BCUT2D eigenvalue weighted by atomic mass is 16.6. The molecule has 92 valence electrons. The van der Waals surface area contributed by atoms with Gasteiger partial charge in [0.1, 0.15) is 12.1 Å². The zero-order valence-electron chi connectivity index (χ0n) is 10.2. The van der Waals surface area contributed by atoms with Crippen molar-refractivity contribution in [3.63, 3.8) is 0 Å². The first kappa shape index (κ1) is 13.2. The van der Waals surface area contributed by atoms with Gasteiger partial charge in [0.05, 0.1) is 6.20 Å². The Balaban J connectivity index is 2.49. The Labute approximate surface area is 100 Å². The molecule has 1 rings (SSSR count). The third-order valence-corrected chi connectivity index (χ3v) is 1.85. The molecule has 0 radical (unpaired) electrons. The van der Waals surface area contributed by atoms with E-state index >= 15 is 0 Å². The van der Waals surface area contributed by atoms with Gasteiger partial charge in [-0.3, -0.25) is 4.79 Å². The van der Waals surface area contributed by atoms with Gasteiger partial charge < -0.3 is 9.64 Å². The van der Waals surface area contributed by atoms with Crippen LogP contribution in [0.25, 0.3) is 0 Å². The molecule has 1 heterocycles. The Bertz CT molecular complexity index is 373. The molecule has 0 fully saturated rings. The van der Waals surface area contributed by atoms with E-state index in [1.54, 1.807) is 29.5 Å².